The highest BCUT2D eigenvalue weighted by Gasteiger charge is 2.33. The van der Waals surface area contributed by atoms with Gasteiger partial charge in [0.05, 0.1) is 16.8 Å². The SMILES string of the molecule is C[C@H]1CC[C@H](Nc2c(C(=O)C3CC3)cnc3ccc(-c4cc(F)c(O)c(F)c4)cc23)CC1. The molecule has 2 saturated carbocycles. The van der Waals surface area contributed by atoms with Crippen LogP contribution in [0.3, 0.4) is 0 Å². The highest BCUT2D eigenvalue weighted by molar-refractivity contribution is 6.10. The lowest BCUT2D eigenvalue weighted by molar-refractivity contribution is 0.0968. The van der Waals surface area contributed by atoms with E-state index in [2.05, 4.69) is 17.2 Å². The Labute approximate surface area is 185 Å². The summed E-state index contributed by atoms with van der Waals surface area (Å²) in [7, 11) is 0. The lowest BCUT2D eigenvalue weighted by atomic mass is 9.87. The Morgan fingerprint density at radius 2 is 1.69 bits per heavy atom. The summed E-state index contributed by atoms with van der Waals surface area (Å²) < 4.78 is 27.9. The van der Waals surface area contributed by atoms with Crippen molar-refractivity contribution in [2.75, 3.05) is 5.32 Å². The van der Waals surface area contributed by atoms with Crippen molar-refractivity contribution in [1.29, 1.82) is 0 Å². The van der Waals surface area contributed by atoms with Gasteiger partial charge in [-0.3, -0.25) is 9.78 Å². The van der Waals surface area contributed by atoms with E-state index in [1.165, 1.54) is 0 Å². The Balaban J connectivity index is 1.62. The van der Waals surface area contributed by atoms with E-state index in [-0.39, 0.29) is 17.7 Å². The number of ketones is 1. The summed E-state index contributed by atoms with van der Waals surface area (Å²) in [6.45, 7) is 2.27. The molecule has 2 N–H and O–H groups in total. The number of rotatable bonds is 5. The fraction of sp³-hybridized carbons (Fsp3) is 0.385. The zero-order valence-corrected chi connectivity index (χ0v) is 18.0. The third-order valence-electron chi connectivity index (χ3n) is 6.80. The molecule has 1 heterocycles. The molecule has 0 radical (unpaired) electrons. The molecule has 0 amide bonds. The number of nitrogens with zero attached hydrogens (tertiary/aromatic N) is 1. The zero-order chi connectivity index (χ0) is 22.4. The molecule has 2 aliphatic carbocycles. The minimum Gasteiger partial charge on any atom is -0.503 e. The molecule has 0 aliphatic heterocycles. The van der Waals surface area contributed by atoms with E-state index in [4.69, 9.17) is 0 Å². The number of aromatic nitrogens is 1. The summed E-state index contributed by atoms with van der Waals surface area (Å²) in [4.78, 5) is 17.6. The Morgan fingerprint density at radius 1 is 1.00 bits per heavy atom. The number of benzene rings is 2. The third kappa shape index (κ3) is 3.94. The van der Waals surface area contributed by atoms with Crippen LogP contribution in [0.4, 0.5) is 14.5 Å². The number of halogens is 2. The van der Waals surface area contributed by atoms with Gasteiger partial charge in [0.2, 0.25) is 0 Å². The second kappa shape index (κ2) is 8.15. The maximum atomic E-state index is 14.0. The number of hydrogen-bond donors (Lipinski definition) is 2. The third-order valence-corrected chi connectivity index (χ3v) is 6.80. The van der Waals surface area contributed by atoms with Gasteiger partial charge in [-0.05, 0) is 79.8 Å². The predicted octanol–water partition coefficient (Wildman–Crippen LogP) is 6.47. The second-order valence-corrected chi connectivity index (χ2v) is 9.31. The first-order valence-corrected chi connectivity index (χ1v) is 11.3. The number of phenols is 1. The average Bonchev–Trinajstić information content (AvgIpc) is 3.63. The van der Waals surface area contributed by atoms with E-state index in [1.54, 1.807) is 18.3 Å². The van der Waals surface area contributed by atoms with Crippen LogP contribution in [0, 0.1) is 23.5 Å². The van der Waals surface area contributed by atoms with Gasteiger partial charge in [-0.2, -0.15) is 0 Å². The Hall–Kier alpha value is -3.02. The molecule has 5 rings (SSSR count). The first-order valence-electron chi connectivity index (χ1n) is 11.3. The highest BCUT2D eigenvalue weighted by Crippen LogP contribution is 2.39. The molecule has 0 spiro atoms. The molecule has 3 aromatic rings. The van der Waals surface area contributed by atoms with Crippen molar-refractivity contribution in [3.05, 3.63) is 53.7 Å². The Bertz CT molecular complexity index is 1170. The number of aromatic hydroxyl groups is 1. The number of carbonyl (C=O) groups excluding carboxylic acids is 1. The lowest BCUT2D eigenvalue weighted by Gasteiger charge is -2.29. The maximum Gasteiger partial charge on any atom is 0.187 e. The molecule has 166 valence electrons. The van der Waals surface area contributed by atoms with Gasteiger partial charge in [0.15, 0.2) is 23.2 Å². The number of nitrogens with one attached hydrogen (secondary N) is 1. The highest BCUT2D eigenvalue weighted by atomic mass is 19.1. The number of anilines is 1. The molecule has 6 heteroatoms. The van der Waals surface area contributed by atoms with Gasteiger partial charge in [0.1, 0.15) is 0 Å². The predicted molar refractivity (Wildman–Crippen MR) is 121 cm³/mol. The molecule has 0 saturated heterocycles. The summed E-state index contributed by atoms with van der Waals surface area (Å²) in [6, 6.07) is 7.87. The van der Waals surface area contributed by atoms with E-state index in [9.17, 15) is 18.7 Å². The van der Waals surface area contributed by atoms with Crippen molar-refractivity contribution in [3.8, 4) is 16.9 Å². The number of carbonyl (C=O) groups is 1. The largest absolute Gasteiger partial charge is 0.503 e. The number of fused-ring (bicyclic) bond motifs is 1. The number of hydrogen-bond acceptors (Lipinski definition) is 4. The smallest absolute Gasteiger partial charge is 0.187 e. The quantitative estimate of drug-likeness (QED) is 0.450. The van der Waals surface area contributed by atoms with Gasteiger partial charge < -0.3 is 10.4 Å². The maximum absolute atomic E-state index is 14.0. The molecule has 0 unspecified atom stereocenters. The molecule has 2 fully saturated rings. The van der Waals surface area contributed by atoms with E-state index in [0.717, 1.165) is 61.7 Å². The van der Waals surface area contributed by atoms with Gasteiger partial charge in [-0.15, -0.1) is 0 Å². The van der Waals surface area contributed by atoms with E-state index < -0.39 is 17.4 Å². The first kappa shape index (κ1) is 20.9. The van der Waals surface area contributed by atoms with E-state index in [0.29, 0.717) is 28.1 Å². The minimum atomic E-state index is -1.01. The van der Waals surface area contributed by atoms with Crippen LogP contribution in [-0.2, 0) is 0 Å². The van der Waals surface area contributed by atoms with Crippen LogP contribution in [0.15, 0.2) is 36.5 Å². The topological polar surface area (TPSA) is 62.2 Å². The molecule has 4 nitrogen and oxygen atoms in total. The monoisotopic (exact) mass is 436 g/mol. The van der Waals surface area contributed by atoms with Crippen molar-refractivity contribution < 1.29 is 18.7 Å². The van der Waals surface area contributed by atoms with Crippen LogP contribution < -0.4 is 5.32 Å². The van der Waals surface area contributed by atoms with Crippen LogP contribution in [0.2, 0.25) is 0 Å². The molecule has 0 bridgehead atoms. The van der Waals surface area contributed by atoms with E-state index in [1.807, 2.05) is 6.07 Å². The molecule has 0 atom stereocenters. The van der Waals surface area contributed by atoms with Crippen LogP contribution in [0.1, 0.15) is 55.8 Å². The molecule has 2 aliphatic rings. The summed E-state index contributed by atoms with van der Waals surface area (Å²) in [5.41, 5.74) is 2.99. The van der Waals surface area contributed by atoms with Gasteiger partial charge in [-0.25, -0.2) is 8.78 Å². The van der Waals surface area contributed by atoms with E-state index >= 15 is 0 Å². The van der Waals surface area contributed by atoms with Crippen LogP contribution >= 0.6 is 0 Å². The van der Waals surface area contributed by atoms with Crippen LogP contribution in [0.5, 0.6) is 5.75 Å². The van der Waals surface area contributed by atoms with Crippen molar-refractivity contribution >= 4 is 22.4 Å². The van der Waals surface area contributed by atoms with Crippen LogP contribution in [-0.4, -0.2) is 21.9 Å². The second-order valence-electron chi connectivity index (χ2n) is 9.31. The standard InChI is InChI=1S/C26H26F2N2O2/c1-14-2-7-18(8-3-14)30-24-19-10-16(17-11-21(27)26(32)22(28)12-17)6-9-23(19)29-13-20(24)25(31)15-4-5-15/h6,9-15,18,32H,2-5,7-8H2,1H3,(H,29,30)/t14-,18-. The molecule has 2 aromatic carbocycles. The van der Waals surface area contributed by atoms with Crippen molar-refractivity contribution in [1.82, 2.24) is 4.98 Å². The van der Waals surface area contributed by atoms with Crippen molar-refractivity contribution in [2.45, 2.75) is 51.5 Å². The molecular formula is C26H26F2N2O2. The van der Waals surface area contributed by atoms with Crippen molar-refractivity contribution in [3.63, 3.8) is 0 Å². The van der Waals surface area contributed by atoms with Crippen LogP contribution in [0.25, 0.3) is 22.0 Å². The lowest BCUT2D eigenvalue weighted by Crippen LogP contribution is -2.26. The summed E-state index contributed by atoms with van der Waals surface area (Å²) in [5.74, 6) is -2.12. The van der Waals surface area contributed by atoms with Gasteiger partial charge in [0, 0.05) is 23.5 Å². The van der Waals surface area contributed by atoms with Gasteiger partial charge in [-0.1, -0.05) is 13.0 Å². The molecular weight excluding hydrogens is 410 g/mol. The number of pyridine rings is 1. The Morgan fingerprint density at radius 3 is 2.34 bits per heavy atom. The molecule has 32 heavy (non-hydrogen) atoms. The summed E-state index contributed by atoms with van der Waals surface area (Å²) >= 11 is 0. The fourth-order valence-corrected chi connectivity index (χ4v) is 4.62. The molecule has 1 aromatic heterocycles. The normalized spacial score (nSPS) is 21.0. The fourth-order valence-electron chi connectivity index (χ4n) is 4.62. The van der Waals surface area contributed by atoms with Gasteiger partial charge in [0.25, 0.3) is 0 Å². The zero-order valence-electron chi connectivity index (χ0n) is 18.0. The summed E-state index contributed by atoms with van der Waals surface area (Å²) in [5, 5.41) is 13.8. The Kier molecular flexibility index (Phi) is 5.31. The van der Waals surface area contributed by atoms with Gasteiger partial charge >= 0.3 is 0 Å². The summed E-state index contributed by atoms with van der Waals surface area (Å²) in [6.07, 6.45) is 7.84. The first-order chi connectivity index (χ1) is 15.4. The van der Waals surface area contributed by atoms with Crippen molar-refractivity contribution in [2.24, 2.45) is 11.8 Å². The minimum absolute atomic E-state index is 0.0599. The number of Topliss-reactive ketones (excluding diaryl/α,β-unsaturated/α-hetero) is 1. The number of phenolic OH excluding ortho intramolecular Hbond substituents is 1. The average molecular weight is 437 g/mol.